The van der Waals surface area contributed by atoms with Crippen LogP contribution in [0.4, 0.5) is 0 Å². The minimum Gasteiger partial charge on any atom is -0.389 e. The molecule has 2 unspecified atom stereocenters. The number of hydrogen-bond donors (Lipinski definition) is 1. The van der Waals surface area contributed by atoms with E-state index in [0.29, 0.717) is 22.2 Å². The van der Waals surface area contributed by atoms with Crippen molar-refractivity contribution in [2.24, 2.45) is 5.73 Å². The quantitative estimate of drug-likeness (QED) is 0.839. The standard InChI is InChI=1S/C12H19N3O2S3/c1-8-6-15(7-9(2)14(8)3)20(16,17)11-5-4-10(19-11)12(13)18/h4-5,8-9H,6-7H2,1-3H3,(H2,13,18). The Balaban J connectivity index is 2.28. The Bertz CT molecular complexity index is 599. The molecule has 1 saturated heterocycles. The number of likely N-dealkylation sites (N-methyl/N-ethyl adjacent to an activating group) is 1. The maximum Gasteiger partial charge on any atom is 0.252 e. The molecule has 0 aromatic carbocycles. The molecule has 8 heteroatoms. The number of nitrogens with zero attached hydrogens (tertiary/aromatic N) is 2. The molecule has 2 rings (SSSR count). The van der Waals surface area contributed by atoms with E-state index in [1.165, 1.54) is 0 Å². The van der Waals surface area contributed by atoms with Gasteiger partial charge in [-0.25, -0.2) is 8.42 Å². The molecular formula is C12H19N3O2S3. The summed E-state index contributed by atoms with van der Waals surface area (Å²) in [6, 6.07) is 3.65. The fraction of sp³-hybridized carbons (Fsp3) is 0.583. The van der Waals surface area contributed by atoms with Crippen molar-refractivity contribution in [1.82, 2.24) is 9.21 Å². The minimum atomic E-state index is -3.45. The number of thiophene rings is 1. The Morgan fingerprint density at radius 3 is 2.35 bits per heavy atom. The highest BCUT2D eigenvalue weighted by Gasteiger charge is 2.35. The fourth-order valence-corrected chi connectivity index (χ4v) is 5.38. The molecule has 2 atom stereocenters. The predicted octanol–water partition coefficient (Wildman–Crippen LogP) is 1.10. The van der Waals surface area contributed by atoms with Gasteiger partial charge in [0.2, 0.25) is 0 Å². The summed E-state index contributed by atoms with van der Waals surface area (Å²) in [4.78, 5) is 3.06. The molecule has 1 fully saturated rings. The fourth-order valence-electron chi connectivity index (χ4n) is 2.27. The summed E-state index contributed by atoms with van der Waals surface area (Å²) < 4.78 is 27.2. The van der Waals surface area contributed by atoms with Crippen molar-refractivity contribution in [2.75, 3.05) is 20.1 Å². The zero-order chi connectivity index (χ0) is 15.1. The molecular weight excluding hydrogens is 314 g/mol. The second-order valence-electron chi connectivity index (χ2n) is 5.17. The zero-order valence-corrected chi connectivity index (χ0v) is 14.2. The molecule has 2 N–H and O–H groups in total. The van der Waals surface area contributed by atoms with Crippen molar-refractivity contribution in [3.8, 4) is 0 Å². The second-order valence-corrected chi connectivity index (χ2v) is 8.86. The summed E-state index contributed by atoms with van der Waals surface area (Å²) in [7, 11) is -1.43. The second kappa shape index (κ2) is 5.69. The van der Waals surface area contributed by atoms with Gasteiger partial charge < -0.3 is 5.73 Å². The first-order chi connectivity index (χ1) is 9.23. The van der Waals surface area contributed by atoms with Gasteiger partial charge in [-0.2, -0.15) is 4.31 Å². The van der Waals surface area contributed by atoms with Crippen LogP contribution in [-0.4, -0.2) is 54.8 Å². The number of thiocarbonyl (C=S) groups is 1. The van der Waals surface area contributed by atoms with Gasteiger partial charge in [0.1, 0.15) is 9.20 Å². The smallest absolute Gasteiger partial charge is 0.252 e. The monoisotopic (exact) mass is 333 g/mol. The largest absolute Gasteiger partial charge is 0.389 e. The predicted molar refractivity (Wildman–Crippen MR) is 85.7 cm³/mol. The molecule has 0 radical (unpaired) electrons. The van der Waals surface area contributed by atoms with Gasteiger partial charge in [-0.15, -0.1) is 11.3 Å². The van der Waals surface area contributed by atoms with Gasteiger partial charge in [-0.1, -0.05) is 12.2 Å². The maximum atomic E-state index is 12.7. The van der Waals surface area contributed by atoms with E-state index in [1.54, 1.807) is 16.4 Å². The van der Waals surface area contributed by atoms with Crippen molar-refractivity contribution in [3.63, 3.8) is 0 Å². The number of sulfonamides is 1. The summed E-state index contributed by atoms with van der Waals surface area (Å²) >= 11 is 6.02. The number of piperazine rings is 1. The molecule has 1 aromatic heterocycles. The van der Waals surface area contributed by atoms with Gasteiger partial charge in [0.25, 0.3) is 10.0 Å². The highest BCUT2D eigenvalue weighted by atomic mass is 32.2. The van der Waals surface area contributed by atoms with E-state index in [1.807, 2.05) is 20.9 Å². The third kappa shape index (κ3) is 2.89. The molecule has 0 aliphatic carbocycles. The normalized spacial score (nSPS) is 25.8. The third-order valence-corrected chi connectivity index (χ3v) is 7.51. The van der Waals surface area contributed by atoms with Crippen LogP contribution in [0.5, 0.6) is 0 Å². The lowest BCUT2D eigenvalue weighted by atomic mass is 10.1. The van der Waals surface area contributed by atoms with Gasteiger partial charge >= 0.3 is 0 Å². The molecule has 5 nitrogen and oxygen atoms in total. The van der Waals surface area contributed by atoms with Crippen LogP contribution in [-0.2, 0) is 10.0 Å². The van der Waals surface area contributed by atoms with Crippen LogP contribution in [0.25, 0.3) is 0 Å². The number of rotatable bonds is 3. The Morgan fingerprint density at radius 2 is 1.90 bits per heavy atom. The van der Waals surface area contributed by atoms with Crippen molar-refractivity contribution >= 4 is 38.6 Å². The highest BCUT2D eigenvalue weighted by molar-refractivity contribution is 7.91. The molecule has 0 spiro atoms. The van der Waals surface area contributed by atoms with Crippen molar-refractivity contribution in [1.29, 1.82) is 0 Å². The molecule has 1 aromatic rings. The van der Waals surface area contributed by atoms with E-state index in [-0.39, 0.29) is 17.1 Å². The van der Waals surface area contributed by atoms with Gasteiger partial charge in [0, 0.05) is 25.2 Å². The minimum absolute atomic E-state index is 0.198. The first kappa shape index (κ1) is 15.8. The van der Waals surface area contributed by atoms with E-state index in [2.05, 4.69) is 4.90 Å². The van der Waals surface area contributed by atoms with Gasteiger partial charge in [-0.3, -0.25) is 4.90 Å². The van der Waals surface area contributed by atoms with Gasteiger partial charge in [0.15, 0.2) is 0 Å². The van der Waals surface area contributed by atoms with E-state index >= 15 is 0 Å². The molecule has 112 valence electrons. The average Bonchev–Trinajstić information content (AvgIpc) is 2.85. The van der Waals surface area contributed by atoms with Gasteiger partial charge in [-0.05, 0) is 33.0 Å². The Morgan fingerprint density at radius 1 is 1.35 bits per heavy atom. The first-order valence-electron chi connectivity index (χ1n) is 6.35. The molecule has 0 bridgehead atoms. The van der Waals surface area contributed by atoms with Crippen molar-refractivity contribution in [3.05, 3.63) is 17.0 Å². The third-order valence-electron chi connectivity index (χ3n) is 3.74. The van der Waals surface area contributed by atoms with Crippen LogP contribution in [0, 0.1) is 0 Å². The highest BCUT2D eigenvalue weighted by Crippen LogP contribution is 2.27. The SMILES string of the molecule is CC1CN(S(=O)(=O)c2ccc(C(N)=S)s2)CC(C)N1C. The van der Waals surface area contributed by atoms with Crippen LogP contribution in [0.3, 0.4) is 0 Å². The summed E-state index contributed by atoms with van der Waals surface area (Å²) in [5.74, 6) is 0. The summed E-state index contributed by atoms with van der Waals surface area (Å²) in [6.45, 7) is 5.08. The lowest BCUT2D eigenvalue weighted by Crippen LogP contribution is -2.56. The molecule has 20 heavy (non-hydrogen) atoms. The van der Waals surface area contributed by atoms with Crippen LogP contribution in [0.15, 0.2) is 16.3 Å². The Labute approximate surface area is 129 Å². The average molecular weight is 334 g/mol. The first-order valence-corrected chi connectivity index (χ1v) is 9.01. The topological polar surface area (TPSA) is 66.6 Å². The summed E-state index contributed by atoms with van der Waals surface area (Å²) in [6.07, 6.45) is 0. The van der Waals surface area contributed by atoms with E-state index in [4.69, 9.17) is 18.0 Å². The van der Waals surface area contributed by atoms with E-state index in [9.17, 15) is 8.42 Å². The van der Waals surface area contributed by atoms with Crippen LogP contribution >= 0.6 is 23.6 Å². The molecule has 0 amide bonds. The Hall–Kier alpha value is -0.540. The van der Waals surface area contributed by atoms with E-state index in [0.717, 1.165) is 11.3 Å². The summed E-state index contributed by atoms with van der Waals surface area (Å²) in [5.41, 5.74) is 5.54. The Kier molecular flexibility index (Phi) is 4.50. The molecule has 2 heterocycles. The maximum absolute atomic E-state index is 12.7. The van der Waals surface area contributed by atoms with Crippen molar-refractivity contribution in [2.45, 2.75) is 30.1 Å². The van der Waals surface area contributed by atoms with Crippen LogP contribution in [0.2, 0.25) is 0 Å². The van der Waals surface area contributed by atoms with Crippen LogP contribution < -0.4 is 5.73 Å². The van der Waals surface area contributed by atoms with Crippen molar-refractivity contribution < 1.29 is 8.42 Å². The van der Waals surface area contributed by atoms with Crippen LogP contribution in [0.1, 0.15) is 18.7 Å². The molecule has 1 aliphatic heterocycles. The molecule has 0 saturated carbocycles. The van der Waals surface area contributed by atoms with Gasteiger partial charge in [0.05, 0.1) is 4.88 Å². The number of hydrogen-bond acceptors (Lipinski definition) is 5. The lowest BCUT2D eigenvalue weighted by molar-refractivity contribution is 0.105. The molecule has 1 aliphatic rings. The summed E-state index contributed by atoms with van der Waals surface area (Å²) in [5, 5.41) is 0. The number of nitrogens with two attached hydrogens (primary N) is 1. The zero-order valence-electron chi connectivity index (χ0n) is 11.7. The lowest BCUT2D eigenvalue weighted by Gasteiger charge is -2.41. The van der Waals surface area contributed by atoms with E-state index < -0.39 is 10.0 Å².